The number of amides is 1. The molecule has 29 heavy (non-hydrogen) atoms. The molecule has 0 radical (unpaired) electrons. The van der Waals surface area contributed by atoms with Gasteiger partial charge in [0.25, 0.3) is 0 Å². The Hall–Kier alpha value is -2.42. The van der Waals surface area contributed by atoms with Gasteiger partial charge < -0.3 is 0 Å². The Kier molecular flexibility index (Phi) is 5.97. The molecule has 11 heteroatoms. The SMILES string of the molecule is CC(C)N(C(=O)n1c(Cl)nn(-c2ccc(Cl)cc2Cl)c1=O)c1ccc(F)cc1F. The lowest BCUT2D eigenvalue weighted by Crippen LogP contribution is -2.44. The lowest BCUT2D eigenvalue weighted by Gasteiger charge is -2.26. The second-order valence-electron chi connectivity index (χ2n) is 6.24. The molecule has 0 aliphatic heterocycles. The molecule has 0 spiro atoms. The minimum atomic E-state index is -0.968. The summed E-state index contributed by atoms with van der Waals surface area (Å²) in [5.41, 5.74) is -0.984. The predicted octanol–water partition coefficient (Wildman–Crippen LogP) is 5.16. The number of nitrogens with zero attached hydrogens (tertiary/aromatic N) is 4. The molecule has 1 amide bonds. The highest BCUT2D eigenvalue weighted by Gasteiger charge is 2.29. The minimum Gasteiger partial charge on any atom is -0.288 e. The highest BCUT2D eigenvalue weighted by molar-refractivity contribution is 6.35. The molecule has 1 aromatic heterocycles. The summed E-state index contributed by atoms with van der Waals surface area (Å²) in [6, 6.07) is 5.50. The first kappa shape index (κ1) is 21.3. The summed E-state index contributed by atoms with van der Waals surface area (Å²) < 4.78 is 29.0. The summed E-state index contributed by atoms with van der Waals surface area (Å²) in [5, 5.41) is 3.86. The summed E-state index contributed by atoms with van der Waals surface area (Å²) in [7, 11) is 0. The molecule has 0 bridgehead atoms. The molecule has 152 valence electrons. The molecule has 0 fully saturated rings. The second-order valence-corrected chi connectivity index (χ2v) is 7.42. The fourth-order valence-electron chi connectivity index (χ4n) is 2.70. The van der Waals surface area contributed by atoms with E-state index in [1.807, 2.05) is 0 Å². The lowest BCUT2D eigenvalue weighted by atomic mass is 10.2. The van der Waals surface area contributed by atoms with Crippen molar-refractivity contribution in [1.29, 1.82) is 0 Å². The van der Waals surface area contributed by atoms with Gasteiger partial charge >= 0.3 is 11.7 Å². The van der Waals surface area contributed by atoms with Gasteiger partial charge in [0.05, 0.1) is 16.4 Å². The summed E-state index contributed by atoms with van der Waals surface area (Å²) in [6.07, 6.45) is 0. The number of rotatable bonds is 3. The van der Waals surface area contributed by atoms with E-state index in [1.54, 1.807) is 13.8 Å². The van der Waals surface area contributed by atoms with Crippen molar-refractivity contribution in [2.24, 2.45) is 0 Å². The van der Waals surface area contributed by atoms with E-state index >= 15 is 0 Å². The number of hydrogen-bond donors (Lipinski definition) is 0. The van der Waals surface area contributed by atoms with Crippen LogP contribution in [0.3, 0.4) is 0 Å². The molecule has 0 saturated carbocycles. The van der Waals surface area contributed by atoms with Crippen LogP contribution in [0.2, 0.25) is 15.3 Å². The van der Waals surface area contributed by atoms with E-state index in [0.717, 1.165) is 21.7 Å². The first-order valence-corrected chi connectivity index (χ1v) is 9.36. The van der Waals surface area contributed by atoms with Crippen LogP contribution in [0.1, 0.15) is 13.8 Å². The Morgan fingerprint density at radius 1 is 1.10 bits per heavy atom. The molecule has 1 heterocycles. The zero-order valence-corrected chi connectivity index (χ0v) is 17.3. The van der Waals surface area contributed by atoms with Gasteiger partial charge in [-0.1, -0.05) is 23.2 Å². The molecular weight excluding hydrogens is 449 g/mol. The number of anilines is 1. The molecule has 2 aromatic carbocycles. The van der Waals surface area contributed by atoms with E-state index in [1.165, 1.54) is 18.2 Å². The van der Waals surface area contributed by atoms with Crippen LogP contribution >= 0.6 is 34.8 Å². The molecule has 0 atom stereocenters. The number of aromatic nitrogens is 3. The van der Waals surface area contributed by atoms with Gasteiger partial charge in [-0.15, -0.1) is 5.10 Å². The quantitative estimate of drug-likeness (QED) is 0.542. The van der Waals surface area contributed by atoms with Crippen molar-refractivity contribution >= 4 is 46.5 Å². The van der Waals surface area contributed by atoms with Crippen LogP contribution in [0, 0.1) is 11.6 Å². The first-order chi connectivity index (χ1) is 13.6. The third kappa shape index (κ3) is 4.01. The summed E-state index contributed by atoms with van der Waals surface area (Å²) in [6.45, 7) is 3.19. The van der Waals surface area contributed by atoms with Crippen LogP contribution in [-0.4, -0.2) is 26.4 Å². The maximum Gasteiger partial charge on any atom is 0.360 e. The number of hydrogen-bond acceptors (Lipinski definition) is 3. The largest absolute Gasteiger partial charge is 0.360 e. The Bertz CT molecular complexity index is 1160. The van der Waals surface area contributed by atoms with Gasteiger partial charge in [0.1, 0.15) is 11.6 Å². The minimum absolute atomic E-state index is 0.110. The summed E-state index contributed by atoms with van der Waals surface area (Å²) in [4.78, 5) is 26.9. The zero-order valence-electron chi connectivity index (χ0n) is 15.0. The Morgan fingerprint density at radius 3 is 2.38 bits per heavy atom. The van der Waals surface area contributed by atoms with Crippen LogP contribution in [0.25, 0.3) is 5.69 Å². The maximum absolute atomic E-state index is 14.3. The first-order valence-electron chi connectivity index (χ1n) is 8.23. The van der Waals surface area contributed by atoms with Crippen molar-refractivity contribution in [3.63, 3.8) is 0 Å². The molecule has 0 N–H and O–H groups in total. The number of halogens is 5. The third-order valence-corrected chi connectivity index (χ3v) is 4.74. The van der Waals surface area contributed by atoms with E-state index in [0.29, 0.717) is 15.7 Å². The lowest BCUT2D eigenvalue weighted by molar-refractivity contribution is 0.245. The topological polar surface area (TPSA) is 60.1 Å². The molecule has 0 aliphatic rings. The monoisotopic (exact) mass is 460 g/mol. The molecule has 3 aromatic rings. The average Bonchev–Trinajstić information content (AvgIpc) is 2.91. The van der Waals surface area contributed by atoms with Gasteiger partial charge in [0.15, 0.2) is 0 Å². The summed E-state index contributed by atoms with van der Waals surface area (Å²) in [5.74, 6) is -1.77. The van der Waals surface area contributed by atoms with Crippen molar-refractivity contribution in [3.05, 3.63) is 73.8 Å². The van der Waals surface area contributed by atoms with Gasteiger partial charge in [-0.3, -0.25) is 4.90 Å². The third-order valence-electron chi connectivity index (χ3n) is 3.96. The van der Waals surface area contributed by atoms with Crippen molar-refractivity contribution in [2.75, 3.05) is 4.90 Å². The fourth-order valence-corrected chi connectivity index (χ4v) is 3.41. The van der Waals surface area contributed by atoms with Crippen LogP contribution in [0.4, 0.5) is 19.3 Å². The Balaban J connectivity index is 2.13. The standard InChI is InChI=1S/C18H13Cl3F2N4O2/c1-9(2)25(15-6-4-11(22)8-13(15)23)17(28)26-16(21)24-27(18(26)29)14-5-3-10(19)7-12(14)20/h3-9H,1-2H3. The predicted molar refractivity (Wildman–Crippen MR) is 108 cm³/mol. The molecule has 0 unspecified atom stereocenters. The molecule has 3 rings (SSSR count). The van der Waals surface area contributed by atoms with Crippen molar-refractivity contribution < 1.29 is 13.6 Å². The van der Waals surface area contributed by atoms with E-state index in [9.17, 15) is 18.4 Å². The van der Waals surface area contributed by atoms with Gasteiger partial charge in [0, 0.05) is 17.1 Å². The average molecular weight is 462 g/mol. The molecular formula is C18H13Cl3F2N4O2. The highest BCUT2D eigenvalue weighted by Crippen LogP contribution is 2.25. The van der Waals surface area contributed by atoms with Crippen LogP contribution in [0.15, 0.2) is 41.2 Å². The van der Waals surface area contributed by atoms with Crippen molar-refractivity contribution in [1.82, 2.24) is 14.3 Å². The fraction of sp³-hybridized carbons (Fsp3) is 0.167. The van der Waals surface area contributed by atoms with Gasteiger partial charge in [-0.25, -0.2) is 18.4 Å². The maximum atomic E-state index is 14.3. The van der Waals surface area contributed by atoms with Crippen LogP contribution in [0.5, 0.6) is 0 Å². The van der Waals surface area contributed by atoms with Gasteiger partial charge in [-0.05, 0) is 55.8 Å². The van der Waals surface area contributed by atoms with E-state index in [4.69, 9.17) is 34.8 Å². The van der Waals surface area contributed by atoms with E-state index in [2.05, 4.69) is 5.10 Å². The van der Waals surface area contributed by atoms with E-state index in [-0.39, 0.29) is 16.4 Å². The molecule has 6 nitrogen and oxygen atoms in total. The second kappa shape index (κ2) is 8.14. The Morgan fingerprint density at radius 2 is 1.79 bits per heavy atom. The smallest absolute Gasteiger partial charge is 0.288 e. The van der Waals surface area contributed by atoms with Crippen LogP contribution in [-0.2, 0) is 0 Å². The number of carbonyl (C=O) groups excluding carboxylic acids is 1. The van der Waals surface area contributed by atoms with Gasteiger partial charge in [0.2, 0.25) is 5.28 Å². The highest BCUT2D eigenvalue weighted by atomic mass is 35.5. The van der Waals surface area contributed by atoms with Crippen molar-refractivity contribution in [2.45, 2.75) is 19.9 Å². The molecule has 0 aliphatic carbocycles. The Labute approximate surface area is 178 Å². The zero-order chi connectivity index (χ0) is 21.5. The number of benzene rings is 2. The van der Waals surface area contributed by atoms with Crippen LogP contribution < -0.4 is 10.6 Å². The van der Waals surface area contributed by atoms with Crippen molar-refractivity contribution in [3.8, 4) is 5.69 Å². The summed E-state index contributed by atoms with van der Waals surface area (Å²) >= 11 is 18.0. The number of carbonyl (C=O) groups is 1. The molecule has 0 saturated heterocycles. The normalized spacial score (nSPS) is 11.2. The van der Waals surface area contributed by atoms with E-state index < -0.39 is 34.7 Å². The van der Waals surface area contributed by atoms with Gasteiger partial charge in [-0.2, -0.15) is 9.25 Å².